The fourth-order valence-electron chi connectivity index (χ4n) is 1.88. The monoisotopic (exact) mass is 251 g/mol. The lowest BCUT2D eigenvalue weighted by atomic mass is 9.98. The van der Waals surface area contributed by atoms with E-state index in [0.717, 1.165) is 18.7 Å². The first kappa shape index (κ1) is 12.2. The zero-order valence-electron chi connectivity index (χ0n) is 10.4. The average Bonchev–Trinajstić information content (AvgIpc) is 2.95. The summed E-state index contributed by atoms with van der Waals surface area (Å²) in [7, 11) is 1.89. The maximum atomic E-state index is 4.35. The Morgan fingerprint density at radius 2 is 2.06 bits per heavy atom. The van der Waals surface area contributed by atoms with Gasteiger partial charge in [-0.15, -0.1) is 16.4 Å². The number of aryl methyl sites for hydroxylation is 1. The molecule has 0 fully saturated rings. The molecule has 2 unspecified atom stereocenters. The zero-order chi connectivity index (χ0) is 12.3. The second-order valence-electron chi connectivity index (χ2n) is 4.41. The highest BCUT2D eigenvalue weighted by atomic mass is 32.1. The van der Waals surface area contributed by atoms with Crippen LogP contribution in [0.15, 0.2) is 11.6 Å². The molecular formula is C11H17N5S. The van der Waals surface area contributed by atoms with Crippen LogP contribution in [0.5, 0.6) is 0 Å². The fraction of sp³-hybridized carbons (Fsp3) is 0.636. The Kier molecular flexibility index (Phi) is 3.83. The smallest absolute Gasteiger partial charge is 0.153 e. The van der Waals surface area contributed by atoms with Crippen molar-refractivity contribution >= 4 is 11.3 Å². The molecule has 0 saturated heterocycles. The van der Waals surface area contributed by atoms with Gasteiger partial charge in [0.2, 0.25) is 0 Å². The van der Waals surface area contributed by atoms with Crippen molar-refractivity contribution in [1.82, 2.24) is 25.2 Å². The van der Waals surface area contributed by atoms with Crippen LogP contribution in [0.4, 0.5) is 0 Å². The minimum Gasteiger partial charge on any atom is -0.249 e. The summed E-state index contributed by atoms with van der Waals surface area (Å²) in [5.74, 6) is 1.85. The van der Waals surface area contributed by atoms with Gasteiger partial charge in [0.15, 0.2) is 5.82 Å². The van der Waals surface area contributed by atoms with Crippen LogP contribution in [-0.2, 0) is 7.05 Å². The van der Waals surface area contributed by atoms with Gasteiger partial charge in [-0.25, -0.2) is 9.67 Å². The van der Waals surface area contributed by atoms with Crippen LogP contribution in [0.3, 0.4) is 0 Å². The minimum atomic E-state index is 0.386. The Hall–Kier alpha value is -1.30. The molecule has 2 atom stereocenters. The van der Waals surface area contributed by atoms with Crippen LogP contribution in [0.1, 0.15) is 49.4 Å². The molecule has 0 aliphatic heterocycles. The molecular weight excluding hydrogens is 234 g/mol. The number of hydrogen-bond acceptors (Lipinski definition) is 5. The second-order valence-corrected chi connectivity index (χ2v) is 5.34. The molecule has 0 N–H and O–H groups in total. The predicted molar refractivity (Wildman–Crippen MR) is 67.0 cm³/mol. The van der Waals surface area contributed by atoms with Gasteiger partial charge < -0.3 is 0 Å². The van der Waals surface area contributed by atoms with Crippen molar-refractivity contribution in [2.45, 2.75) is 38.5 Å². The molecule has 17 heavy (non-hydrogen) atoms. The summed E-state index contributed by atoms with van der Waals surface area (Å²) < 4.78 is 1.75. The SMILES string of the molecule is CC(CCC(C)c1nnnn1C)c1nccs1. The van der Waals surface area contributed by atoms with Gasteiger partial charge in [0.1, 0.15) is 0 Å². The lowest BCUT2D eigenvalue weighted by molar-refractivity contribution is 0.531. The van der Waals surface area contributed by atoms with Crippen molar-refractivity contribution in [1.29, 1.82) is 0 Å². The van der Waals surface area contributed by atoms with Gasteiger partial charge in [-0.3, -0.25) is 0 Å². The third kappa shape index (κ3) is 2.88. The van der Waals surface area contributed by atoms with E-state index in [1.165, 1.54) is 5.01 Å². The van der Waals surface area contributed by atoms with Crippen molar-refractivity contribution in [3.05, 3.63) is 22.4 Å². The molecule has 92 valence electrons. The Bertz CT molecular complexity index is 450. The third-order valence-corrected chi connectivity index (χ3v) is 4.01. The highest BCUT2D eigenvalue weighted by Gasteiger charge is 2.15. The fourth-order valence-corrected chi connectivity index (χ4v) is 2.62. The first-order valence-corrected chi connectivity index (χ1v) is 6.68. The van der Waals surface area contributed by atoms with E-state index in [2.05, 4.69) is 34.4 Å². The molecule has 2 rings (SSSR count). The van der Waals surface area contributed by atoms with Crippen molar-refractivity contribution in [2.24, 2.45) is 7.05 Å². The number of hydrogen-bond donors (Lipinski definition) is 0. The first-order valence-electron chi connectivity index (χ1n) is 5.80. The van der Waals surface area contributed by atoms with Crippen LogP contribution in [0.25, 0.3) is 0 Å². The van der Waals surface area contributed by atoms with E-state index in [1.807, 2.05) is 18.6 Å². The summed E-state index contributed by atoms with van der Waals surface area (Å²) in [4.78, 5) is 4.35. The maximum absolute atomic E-state index is 4.35. The molecule has 6 heteroatoms. The van der Waals surface area contributed by atoms with Crippen LogP contribution in [-0.4, -0.2) is 25.2 Å². The van der Waals surface area contributed by atoms with Crippen molar-refractivity contribution in [3.63, 3.8) is 0 Å². The molecule has 0 saturated carbocycles. The van der Waals surface area contributed by atoms with E-state index in [0.29, 0.717) is 11.8 Å². The minimum absolute atomic E-state index is 0.386. The topological polar surface area (TPSA) is 56.5 Å². The maximum Gasteiger partial charge on any atom is 0.153 e. The van der Waals surface area contributed by atoms with Gasteiger partial charge in [-0.2, -0.15) is 0 Å². The van der Waals surface area contributed by atoms with E-state index in [-0.39, 0.29) is 0 Å². The van der Waals surface area contributed by atoms with E-state index in [4.69, 9.17) is 0 Å². The molecule has 0 spiro atoms. The van der Waals surface area contributed by atoms with Crippen LogP contribution in [0, 0.1) is 0 Å². The molecule has 2 aromatic heterocycles. The zero-order valence-corrected chi connectivity index (χ0v) is 11.2. The number of tetrazole rings is 1. The summed E-state index contributed by atoms with van der Waals surface area (Å²) in [6, 6.07) is 0. The molecule has 2 aromatic rings. The Balaban J connectivity index is 1.88. The average molecular weight is 251 g/mol. The molecule has 0 aromatic carbocycles. The molecule has 0 aliphatic rings. The van der Waals surface area contributed by atoms with Gasteiger partial charge >= 0.3 is 0 Å². The highest BCUT2D eigenvalue weighted by Crippen LogP contribution is 2.27. The Labute approximate surface area is 105 Å². The highest BCUT2D eigenvalue weighted by molar-refractivity contribution is 7.09. The largest absolute Gasteiger partial charge is 0.249 e. The number of rotatable bonds is 5. The summed E-state index contributed by atoms with van der Waals surface area (Å²) >= 11 is 1.73. The van der Waals surface area contributed by atoms with E-state index < -0.39 is 0 Å². The van der Waals surface area contributed by atoms with Gasteiger partial charge in [0.25, 0.3) is 0 Å². The molecule has 0 aliphatic carbocycles. The van der Waals surface area contributed by atoms with Gasteiger partial charge in [0.05, 0.1) is 5.01 Å². The van der Waals surface area contributed by atoms with E-state index in [1.54, 1.807) is 16.0 Å². The Morgan fingerprint density at radius 1 is 1.29 bits per heavy atom. The third-order valence-electron chi connectivity index (χ3n) is 3.00. The lowest BCUT2D eigenvalue weighted by Crippen LogP contribution is -2.05. The molecule has 0 bridgehead atoms. The van der Waals surface area contributed by atoms with Crippen molar-refractivity contribution < 1.29 is 0 Å². The van der Waals surface area contributed by atoms with Crippen molar-refractivity contribution in [3.8, 4) is 0 Å². The Morgan fingerprint density at radius 3 is 2.65 bits per heavy atom. The standard InChI is InChI=1S/C11H17N5S/c1-8(10-13-14-15-16(10)3)4-5-9(2)11-12-6-7-17-11/h6-9H,4-5H2,1-3H3. The summed E-state index contributed by atoms with van der Waals surface area (Å²) in [6.07, 6.45) is 4.06. The van der Waals surface area contributed by atoms with Gasteiger partial charge in [-0.05, 0) is 23.3 Å². The van der Waals surface area contributed by atoms with E-state index in [9.17, 15) is 0 Å². The van der Waals surface area contributed by atoms with Gasteiger partial charge in [-0.1, -0.05) is 13.8 Å². The normalized spacial score (nSPS) is 14.8. The number of thiazole rings is 1. The first-order chi connectivity index (χ1) is 8.18. The van der Waals surface area contributed by atoms with Gasteiger partial charge in [0, 0.05) is 30.5 Å². The van der Waals surface area contributed by atoms with Crippen LogP contribution >= 0.6 is 11.3 Å². The second kappa shape index (κ2) is 5.35. The summed E-state index contributed by atoms with van der Waals surface area (Å²) in [6.45, 7) is 4.39. The molecule has 5 nitrogen and oxygen atoms in total. The number of nitrogens with zero attached hydrogens (tertiary/aromatic N) is 5. The quantitative estimate of drug-likeness (QED) is 0.818. The van der Waals surface area contributed by atoms with Crippen molar-refractivity contribution in [2.75, 3.05) is 0 Å². The van der Waals surface area contributed by atoms with Crippen LogP contribution < -0.4 is 0 Å². The molecule has 2 heterocycles. The summed E-state index contributed by atoms with van der Waals surface area (Å²) in [5.41, 5.74) is 0. The lowest BCUT2D eigenvalue weighted by Gasteiger charge is -2.12. The molecule has 0 radical (unpaired) electrons. The predicted octanol–water partition coefficient (Wildman–Crippen LogP) is 2.35. The number of aromatic nitrogens is 5. The molecule has 0 amide bonds. The summed E-state index contributed by atoms with van der Waals surface area (Å²) in [5, 5.41) is 14.8. The van der Waals surface area contributed by atoms with E-state index >= 15 is 0 Å². The van der Waals surface area contributed by atoms with Crippen LogP contribution in [0.2, 0.25) is 0 Å².